The number of thioether (sulfide) groups is 1. The lowest BCUT2D eigenvalue weighted by molar-refractivity contribution is -0.127. The van der Waals surface area contributed by atoms with Crippen molar-refractivity contribution < 1.29 is 14.0 Å². The van der Waals surface area contributed by atoms with E-state index >= 15 is 0 Å². The standard InChI is InChI=1S/C21H21FN2O2S2/c22-16-6-2-1-4-13(16)11-19-21(26)24-17-10-14(7-8-18(17)28-19)20(25)23-12-15-5-3-9-27-15/h1-6,9,11,14,17-18H,7-8,10,12H2,(H,23,25)(H,24,26)/b19-11+. The van der Waals surface area contributed by atoms with Gasteiger partial charge in [0.05, 0.1) is 11.4 Å². The Morgan fingerprint density at radius 1 is 1.25 bits per heavy atom. The number of rotatable bonds is 4. The molecule has 2 heterocycles. The molecule has 4 rings (SSSR count). The van der Waals surface area contributed by atoms with Crippen molar-refractivity contribution >= 4 is 41.0 Å². The maximum atomic E-state index is 13.9. The van der Waals surface area contributed by atoms with Gasteiger partial charge >= 0.3 is 0 Å². The van der Waals surface area contributed by atoms with Gasteiger partial charge in [0.25, 0.3) is 5.91 Å². The molecule has 4 nitrogen and oxygen atoms in total. The second-order valence-electron chi connectivity index (χ2n) is 7.07. The summed E-state index contributed by atoms with van der Waals surface area (Å²) in [4.78, 5) is 26.7. The van der Waals surface area contributed by atoms with E-state index in [2.05, 4.69) is 10.6 Å². The molecule has 1 aliphatic heterocycles. The highest BCUT2D eigenvalue weighted by atomic mass is 32.2. The molecule has 0 spiro atoms. The minimum Gasteiger partial charge on any atom is -0.351 e. The summed E-state index contributed by atoms with van der Waals surface area (Å²) in [5.74, 6) is -0.552. The Bertz CT molecular complexity index is 898. The average Bonchev–Trinajstić information content (AvgIpc) is 3.21. The van der Waals surface area contributed by atoms with E-state index in [-0.39, 0.29) is 34.8 Å². The van der Waals surface area contributed by atoms with Crippen molar-refractivity contribution in [1.82, 2.24) is 10.6 Å². The predicted octanol–water partition coefficient (Wildman–Crippen LogP) is 3.94. The van der Waals surface area contributed by atoms with Gasteiger partial charge < -0.3 is 10.6 Å². The molecule has 2 amide bonds. The molecule has 1 saturated heterocycles. The Morgan fingerprint density at radius 3 is 2.89 bits per heavy atom. The molecule has 2 N–H and O–H groups in total. The monoisotopic (exact) mass is 416 g/mol. The zero-order chi connectivity index (χ0) is 19.5. The van der Waals surface area contributed by atoms with E-state index < -0.39 is 0 Å². The molecule has 2 fully saturated rings. The molecule has 2 aliphatic rings. The zero-order valence-electron chi connectivity index (χ0n) is 15.2. The molecule has 3 atom stereocenters. The van der Waals surface area contributed by atoms with E-state index in [1.165, 1.54) is 17.8 Å². The number of benzene rings is 1. The summed E-state index contributed by atoms with van der Waals surface area (Å²) in [6.07, 6.45) is 3.91. The molecule has 7 heteroatoms. The number of hydrogen-bond acceptors (Lipinski definition) is 4. The summed E-state index contributed by atoms with van der Waals surface area (Å²) >= 11 is 3.13. The van der Waals surface area contributed by atoms with Crippen molar-refractivity contribution in [2.24, 2.45) is 5.92 Å². The fourth-order valence-corrected chi connectivity index (χ4v) is 5.62. The van der Waals surface area contributed by atoms with Crippen molar-refractivity contribution in [2.75, 3.05) is 0 Å². The van der Waals surface area contributed by atoms with E-state index in [1.807, 2.05) is 17.5 Å². The van der Waals surface area contributed by atoms with E-state index in [0.29, 0.717) is 23.4 Å². The number of amides is 2. The fraction of sp³-hybridized carbons (Fsp3) is 0.333. The average molecular weight is 417 g/mol. The van der Waals surface area contributed by atoms with Gasteiger partial charge in [0.2, 0.25) is 5.91 Å². The van der Waals surface area contributed by atoms with E-state index in [4.69, 9.17) is 0 Å². The Kier molecular flexibility index (Phi) is 5.82. The number of thiophene rings is 1. The first-order valence-electron chi connectivity index (χ1n) is 9.34. The zero-order valence-corrected chi connectivity index (χ0v) is 16.8. The highest BCUT2D eigenvalue weighted by Crippen LogP contribution is 2.40. The minimum absolute atomic E-state index is 0.0264. The number of halogens is 1. The fourth-order valence-electron chi connectivity index (χ4n) is 3.69. The lowest BCUT2D eigenvalue weighted by atomic mass is 9.84. The smallest absolute Gasteiger partial charge is 0.257 e. The summed E-state index contributed by atoms with van der Waals surface area (Å²) in [5.41, 5.74) is 0.417. The maximum absolute atomic E-state index is 13.9. The number of hydrogen-bond donors (Lipinski definition) is 2. The lowest BCUT2D eigenvalue weighted by Crippen LogP contribution is -2.51. The Hall–Kier alpha value is -2.12. The van der Waals surface area contributed by atoms with Gasteiger partial charge in [-0.2, -0.15) is 0 Å². The number of carbonyl (C=O) groups excluding carboxylic acids is 2. The van der Waals surface area contributed by atoms with Crippen LogP contribution in [0.4, 0.5) is 4.39 Å². The molecular weight excluding hydrogens is 395 g/mol. The Morgan fingerprint density at radius 2 is 2.11 bits per heavy atom. The Balaban J connectivity index is 1.37. The van der Waals surface area contributed by atoms with Crippen LogP contribution in [0.25, 0.3) is 6.08 Å². The summed E-state index contributed by atoms with van der Waals surface area (Å²) in [7, 11) is 0. The number of nitrogens with one attached hydrogen (secondary N) is 2. The van der Waals surface area contributed by atoms with Gasteiger partial charge in [-0.1, -0.05) is 24.3 Å². The van der Waals surface area contributed by atoms with Gasteiger partial charge in [0.15, 0.2) is 0 Å². The van der Waals surface area contributed by atoms with Gasteiger partial charge in [0.1, 0.15) is 5.82 Å². The molecule has 1 saturated carbocycles. The van der Waals surface area contributed by atoms with Crippen LogP contribution in [-0.4, -0.2) is 23.1 Å². The predicted molar refractivity (Wildman–Crippen MR) is 111 cm³/mol. The molecule has 146 valence electrons. The van der Waals surface area contributed by atoms with Gasteiger partial charge in [-0.25, -0.2) is 4.39 Å². The van der Waals surface area contributed by atoms with Crippen molar-refractivity contribution in [2.45, 2.75) is 37.1 Å². The van der Waals surface area contributed by atoms with Gasteiger partial charge in [-0.3, -0.25) is 9.59 Å². The highest BCUT2D eigenvalue weighted by Gasteiger charge is 2.39. The van der Waals surface area contributed by atoms with Crippen molar-refractivity contribution in [3.8, 4) is 0 Å². The van der Waals surface area contributed by atoms with Crippen LogP contribution in [0.1, 0.15) is 29.7 Å². The van der Waals surface area contributed by atoms with E-state index in [9.17, 15) is 14.0 Å². The van der Waals surface area contributed by atoms with Crippen LogP contribution in [0.15, 0.2) is 46.7 Å². The molecule has 1 aliphatic carbocycles. The third-order valence-corrected chi connectivity index (χ3v) is 7.49. The molecule has 0 bridgehead atoms. The van der Waals surface area contributed by atoms with E-state index in [1.54, 1.807) is 35.6 Å². The molecule has 28 heavy (non-hydrogen) atoms. The molecule has 3 unspecified atom stereocenters. The number of carbonyl (C=O) groups is 2. The van der Waals surface area contributed by atoms with Crippen molar-refractivity contribution in [1.29, 1.82) is 0 Å². The Labute approximate surface area is 171 Å². The van der Waals surface area contributed by atoms with E-state index in [0.717, 1.165) is 17.7 Å². The third kappa shape index (κ3) is 4.31. The van der Waals surface area contributed by atoms with Gasteiger partial charge in [-0.15, -0.1) is 23.1 Å². The molecule has 0 radical (unpaired) electrons. The van der Waals surface area contributed by atoms with Crippen LogP contribution < -0.4 is 10.6 Å². The molecular formula is C21H21FN2O2S2. The van der Waals surface area contributed by atoms with Crippen LogP contribution in [0.3, 0.4) is 0 Å². The largest absolute Gasteiger partial charge is 0.351 e. The molecule has 1 aromatic carbocycles. The van der Waals surface area contributed by atoms with Gasteiger partial charge in [0, 0.05) is 27.7 Å². The normalized spacial score (nSPS) is 25.8. The second kappa shape index (κ2) is 8.49. The first kappa shape index (κ1) is 19.2. The van der Waals surface area contributed by atoms with Crippen molar-refractivity contribution in [3.05, 3.63) is 62.9 Å². The quantitative estimate of drug-likeness (QED) is 0.742. The summed E-state index contributed by atoms with van der Waals surface area (Å²) in [6, 6.07) is 10.4. The van der Waals surface area contributed by atoms with Crippen LogP contribution in [0.5, 0.6) is 0 Å². The topological polar surface area (TPSA) is 58.2 Å². The van der Waals surface area contributed by atoms with Gasteiger partial charge in [-0.05, 0) is 42.9 Å². The maximum Gasteiger partial charge on any atom is 0.257 e. The summed E-state index contributed by atoms with van der Waals surface area (Å²) < 4.78 is 13.9. The molecule has 2 aromatic rings. The van der Waals surface area contributed by atoms with Crippen LogP contribution in [0.2, 0.25) is 0 Å². The van der Waals surface area contributed by atoms with Crippen molar-refractivity contribution in [3.63, 3.8) is 0 Å². The first-order valence-corrected chi connectivity index (χ1v) is 11.1. The summed E-state index contributed by atoms with van der Waals surface area (Å²) in [6.45, 7) is 0.553. The minimum atomic E-state index is -0.336. The van der Waals surface area contributed by atoms with Crippen LogP contribution >= 0.6 is 23.1 Å². The first-order chi connectivity index (χ1) is 13.6. The number of fused-ring (bicyclic) bond motifs is 1. The highest BCUT2D eigenvalue weighted by molar-refractivity contribution is 8.04. The second-order valence-corrected chi connectivity index (χ2v) is 9.39. The summed E-state index contributed by atoms with van der Waals surface area (Å²) in [5, 5.41) is 8.26. The lowest BCUT2D eigenvalue weighted by Gasteiger charge is -2.39. The SMILES string of the molecule is O=C1NC2CC(C(=O)NCc3cccs3)CCC2S/C1=C/c1ccccc1F. The third-order valence-electron chi connectivity index (χ3n) is 5.19. The van der Waals surface area contributed by atoms with Crippen LogP contribution in [0, 0.1) is 11.7 Å². The van der Waals surface area contributed by atoms with Crippen LogP contribution in [-0.2, 0) is 16.1 Å². The molecule has 1 aromatic heterocycles.